The van der Waals surface area contributed by atoms with Crippen LogP contribution in [0.2, 0.25) is 0 Å². The Kier molecular flexibility index (Phi) is 5.11. The molecule has 7 heteroatoms. The van der Waals surface area contributed by atoms with Crippen molar-refractivity contribution in [2.75, 3.05) is 5.43 Å². The Bertz CT molecular complexity index is 1150. The minimum Gasteiger partial charge on any atom is -0.504 e. The van der Waals surface area contributed by atoms with Gasteiger partial charge in [0, 0.05) is 11.1 Å². The van der Waals surface area contributed by atoms with Gasteiger partial charge in [0.05, 0.1) is 6.21 Å². The summed E-state index contributed by atoms with van der Waals surface area (Å²) in [7, 11) is 0. The lowest BCUT2D eigenvalue weighted by Gasteiger charge is -2.09. The number of rotatable bonds is 5. The first-order valence-corrected chi connectivity index (χ1v) is 8.87. The van der Waals surface area contributed by atoms with Crippen LogP contribution in [0.25, 0.3) is 22.5 Å². The maximum absolute atomic E-state index is 9.55. The lowest BCUT2D eigenvalue weighted by Crippen LogP contribution is -2.03. The summed E-state index contributed by atoms with van der Waals surface area (Å²) in [5.41, 5.74) is 6.55. The molecule has 0 spiro atoms. The van der Waals surface area contributed by atoms with Crippen LogP contribution >= 0.6 is 0 Å². The van der Waals surface area contributed by atoms with Crippen molar-refractivity contribution in [2.24, 2.45) is 5.10 Å². The number of aromatic hydroxyl groups is 2. The van der Waals surface area contributed by atoms with Gasteiger partial charge in [-0.05, 0) is 23.8 Å². The zero-order valence-electron chi connectivity index (χ0n) is 15.3. The number of phenolic OH excluding ortho intramolecular Hbond substituents is 2. The van der Waals surface area contributed by atoms with Crippen LogP contribution in [-0.4, -0.2) is 31.6 Å². The Hall–Kier alpha value is -4.26. The number of phenols is 2. The zero-order valence-corrected chi connectivity index (χ0v) is 15.3. The molecule has 29 heavy (non-hydrogen) atoms. The zero-order chi connectivity index (χ0) is 20.1. The minimum atomic E-state index is -0.217. The van der Waals surface area contributed by atoms with Gasteiger partial charge in [-0.3, -0.25) is 0 Å². The largest absolute Gasteiger partial charge is 0.504 e. The normalized spacial score (nSPS) is 10.9. The lowest BCUT2D eigenvalue weighted by atomic mass is 10.0. The van der Waals surface area contributed by atoms with E-state index in [1.54, 1.807) is 6.07 Å². The summed E-state index contributed by atoms with van der Waals surface area (Å²) in [5.74, 6) is -0.167. The topological polar surface area (TPSA) is 104 Å². The number of nitrogens with one attached hydrogen (secondary N) is 1. The van der Waals surface area contributed by atoms with Crippen LogP contribution in [0.1, 0.15) is 5.56 Å². The first-order valence-electron chi connectivity index (χ1n) is 8.87. The fourth-order valence-corrected chi connectivity index (χ4v) is 2.75. The molecule has 0 saturated heterocycles. The first-order chi connectivity index (χ1) is 14.2. The molecular weight excluding hydrogens is 366 g/mol. The van der Waals surface area contributed by atoms with Gasteiger partial charge in [-0.25, -0.2) is 10.4 Å². The first kappa shape index (κ1) is 18.1. The molecule has 3 N–H and O–H groups in total. The third-order valence-corrected chi connectivity index (χ3v) is 4.16. The molecule has 0 radical (unpaired) electrons. The Morgan fingerprint density at radius 3 is 2.03 bits per heavy atom. The van der Waals surface area contributed by atoms with Crippen LogP contribution in [0.4, 0.5) is 5.95 Å². The number of aromatic nitrogens is 3. The van der Waals surface area contributed by atoms with Gasteiger partial charge in [0.15, 0.2) is 11.5 Å². The van der Waals surface area contributed by atoms with E-state index in [9.17, 15) is 10.2 Å². The van der Waals surface area contributed by atoms with E-state index in [-0.39, 0.29) is 17.4 Å². The highest BCUT2D eigenvalue weighted by Gasteiger charge is 2.13. The number of hydrazone groups is 1. The summed E-state index contributed by atoms with van der Waals surface area (Å²) in [6.07, 6.45) is 1.48. The Balaban J connectivity index is 1.65. The molecule has 0 bridgehead atoms. The summed E-state index contributed by atoms with van der Waals surface area (Å²) in [6.45, 7) is 0. The van der Waals surface area contributed by atoms with Crippen molar-refractivity contribution in [3.8, 4) is 34.0 Å². The summed E-state index contributed by atoms with van der Waals surface area (Å²) < 4.78 is 0. The molecule has 4 rings (SSSR count). The third-order valence-electron chi connectivity index (χ3n) is 4.16. The SMILES string of the molecule is Oc1ccc(/C=N/Nc2nnc(-c3ccccc3)c(-c3ccccc3)n2)cc1O. The highest BCUT2D eigenvalue weighted by atomic mass is 16.3. The van der Waals surface area contributed by atoms with E-state index in [2.05, 4.69) is 25.7 Å². The maximum Gasteiger partial charge on any atom is 0.263 e. The molecule has 0 amide bonds. The molecule has 0 aliphatic carbocycles. The molecule has 0 atom stereocenters. The van der Waals surface area contributed by atoms with Crippen molar-refractivity contribution >= 4 is 12.2 Å². The van der Waals surface area contributed by atoms with Crippen LogP contribution in [0.3, 0.4) is 0 Å². The summed E-state index contributed by atoms with van der Waals surface area (Å²) in [6, 6.07) is 23.9. The maximum atomic E-state index is 9.55. The van der Waals surface area contributed by atoms with E-state index >= 15 is 0 Å². The molecular formula is C22H17N5O2. The van der Waals surface area contributed by atoms with E-state index in [0.29, 0.717) is 17.0 Å². The highest BCUT2D eigenvalue weighted by Crippen LogP contribution is 2.28. The molecule has 1 heterocycles. The minimum absolute atomic E-state index is 0.188. The van der Waals surface area contributed by atoms with Crippen molar-refractivity contribution in [1.82, 2.24) is 15.2 Å². The molecule has 142 valence electrons. The molecule has 0 saturated carbocycles. The number of nitrogens with zero attached hydrogens (tertiary/aromatic N) is 4. The second-order valence-electron chi connectivity index (χ2n) is 6.18. The van der Waals surface area contributed by atoms with Crippen molar-refractivity contribution in [3.05, 3.63) is 84.4 Å². The van der Waals surface area contributed by atoms with Crippen molar-refractivity contribution in [3.63, 3.8) is 0 Å². The van der Waals surface area contributed by atoms with E-state index in [1.807, 2.05) is 60.7 Å². The molecule has 4 aromatic rings. The smallest absolute Gasteiger partial charge is 0.263 e. The number of benzene rings is 3. The summed E-state index contributed by atoms with van der Waals surface area (Å²) in [5, 5.41) is 31.5. The number of hydrogen-bond acceptors (Lipinski definition) is 7. The molecule has 0 aliphatic rings. The second-order valence-corrected chi connectivity index (χ2v) is 6.18. The summed E-state index contributed by atoms with van der Waals surface area (Å²) >= 11 is 0. The van der Waals surface area contributed by atoms with Gasteiger partial charge < -0.3 is 10.2 Å². The van der Waals surface area contributed by atoms with Gasteiger partial charge in [0.2, 0.25) is 0 Å². The molecule has 0 unspecified atom stereocenters. The average molecular weight is 383 g/mol. The van der Waals surface area contributed by atoms with Crippen LogP contribution in [0.15, 0.2) is 84.0 Å². The highest BCUT2D eigenvalue weighted by molar-refractivity contribution is 5.81. The molecule has 1 aromatic heterocycles. The molecule has 0 aliphatic heterocycles. The lowest BCUT2D eigenvalue weighted by molar-refractivity contribution is 0.403. The second kappa shape index (κ2) is 8.18. The Morgan fingerprint density at radius 1 is 0.724 bits per heavy atom. The van der Waals surface area contributed by atoms with Gasteiger partial charge in [-0.1, -0.05) is 60.7 Å². The van der Waals surface area contributed by atoms with Gasteiger partial charge in [-0.15, -0.1) is 10.2 Å². The predicted octanol–water partition coefficient (Wildman–Crippen LogP) is 4.06. The monoisotopic (exact) mass is 383 g/mol. The Morgan fingerprint density at radius 2 is 1.38 bits per heavy atom. The standard InChI is InChI=1S/C22H17N5O2/c28-18-12-11-15(13-19(18)29)14-23-26-22-24-20(16-7-3-1-4-8-16)21(25-27-22)17-9-5-2-6-10-17/h1-14,28-29H,(H,24,26,27)/b23-14+. The molecule has 0 fully saturated rings. The quantitative estimate of drug-likeness (QED) is 0.273. The van der Waals surface area contributed by atoms with Gasteiger partial charge in [-0.2, -0.15) is 5.10 Å². The van der Waals surface area contributed by atoms with Crippen LogP contribution in [0, 0.1) is 0 Å². The van der Waals surface area contributed by atoms with Crippen LogP contribution in [-0.2, 0) is 0 Å². The van der Waals surface area contributed by atoms with Crippen molar-refractivity contribution in [2.45, 2.75) is 0 Å². The van der Waals surface area contributed by atoms with E-state index in [4.69, 9.17) is 0 Å². The predicted molar refractivity (Wildman–Crippen MR) is 112 cm³/mol. The van der Waals surface area contributed by atoms with E-state index in [0.717, 1.165) is 11.1 Å². The van der Waals surface area contributed by atoms with Crippen LogP contribution in [0.5, 0.6) is 11.5 Å². The Labute approximate surface area is 167 Å². The fraction of sp³-hybridized carbons (Fsp3) is 0. The molecule has 3 aromatic carbocycles. The van der Waals surface area contributed by atoms with E-state index < -0.39 is 0 Å². The van der Waals surface area contributed by atoms with Crippen molar-refractivity contribution in [1.29, 1.82) is 0 Å². The number of anilines is 1. The van der Waals surface area contributed by atoms with Crippen molar-refractivity contribution < 1.29 is 10.2 Å². The molecule has 7 nitrogen and oxygen atoms in total. The number of hydrogen-bond donors (Lipinski definition) is 3. The fourth-order valence-electron chi connectivity index (χ4n) is 2.75. The third kappa shape index (κ3) is 4.19. The van der Waals surface area contributed by atoms with Gasteiger partial charge in [0.1, 0.15) is 11.4 Å². The van der Waals surface area contributed by atoms with Gasteiger partial charge in [0.25, 0.3) is 5.95 Å². The van der Waals surface area contributed by atoms with E-state index in [1.165, 1.54) is 18.3 Å². The van der Waals surface area contributed by atoms with Gasteiger partial charge >= 0.3 is 0 Å². The van der Waals surface area contributed by atoms with Crippen LogP contribution < -0.4 is 5.43 Å². The summed E-state index contributed by atoms with van der Waals surface area (Å²) in [4.78, 5) is 4.59. The average Bonchev–Trinajstić information content (AvgIpc) is 2.77.